The van der Waals surface area contributed by atoms with Crippen molar-refractivity contribution < 1.29 is 23.4 Å². The molecule has 1 heterocycles. The molecule has 3 nitrogen and oxygen atoms in total. The Morgan fingerprint density at radius 1 is 1.41 bits per heavy atom. The van der Waals surface area contributed by atoms with Crippen LogP contribution in [-0.2, 0) is 9.53 Å². The van der Waals surface area contributed by atoms with E-state index in [1.807, 2.05) is 0 Å². The molecule has 0 amide bonds. The number of carboxylic acids is 1. The van der Waals surface area contributed by atoms with Crippen LogP contribution in [0.1, 0.15) is 24.5 Å². The number of hydrogen-bond donors (Lipinski definition) is 1. The van der Waals surface area contributed by atoms with E-state index < -0.39 is 29.6 Å². The Hall–Kier alpha value is -1.49. The second kappa shape index (κ2) is 4.79. The first-order valence-electron chi connectivity index (χ1n) is 5.39. The summed E-state index contributed by atoms with van der Waals surface area (Å²) < 4.78 is 31.9. The monoisotopic (exact) mass is 242 g/mol. The summed E-state index contributed by atoms with van der Waals surface area (Å²) in [6.45, 7) is 0.365. The molecule has 0 radical (unpaired) electrons. The van der Waals surface area contributed by atoms with Gasteiger partial charge in [-0.05, 0) is 18.9 Å². The predicted octanol–water partition coefficient (Wildman–Crippen LogP) is 2.52. The Morgan fingerprint density at radius 3 is 2.88 bits per heavy atom. The van der Waals surface area contributed by atoms with E-state index in [9.17, 15) is 13.6 Å². The largest absolute Gasteiger partial charge is 0.481 e. The van der Waals surface area contributed by atoms with Crippen LogP contribution in [0.15, 0.2) is 18.2 Å². The average Bonchev–Trinajstić information content (AvgIpc) is 2.33. The summed E-state index contributed by atoms with van der Waals surface area (Å²) >= 11 is 0. The molecule has 0 saturated carbocycles. The highest BCUT2D eigenvalue weighted by molar-refractivity contribution is 5.71. The van der Waals surface area contributed by atoms with Crippen LogP contribution in [0.3, 0.4) is 0 Å². The number of rotatable bonds is 2. The molecular weight excluding hydrogens is 230 g/mol. The standard InChI is InChI=1S/C12H12F2O3/c13-9-5-1-3-7(10(9)14)11-8(12(15)16)4-2-6-17-11/h1,3,5,8,11H,2,4,6H2,(H,15,16). The van der Waals surface area contributed by atoms with Crippen LogP contribution in [0.4, 0.5) is 8.78 Å². The third kappa shape index (κ3) is 2.29. The van der Waals surface area contributed by atoms with Crippen LogP contribution >= 0.6 is 0 Å². The lowest BCUT2D eigenvalue weighted by Gasteiger charge is -2.29. The zero-order chi connectivity index (χ0) is 12.4. The van der Waals surface area contributed by atoms with E-state index in [2.05, 4.69) is 0 Å². The summed E-state index contributed by atoms with van der Waals surface area (Å²) in [4.78, 5) is 11.0. The lowest BCUT2D eigenvalue weighted by Crippen LogP contribution is -2.29. The quantitative estimate of drug-likeness (QED) is 0.866. The average molecular weight is 242 g/mol. The molecule has 0 aromatic heterocycles. The second-order valence-corrected chi connectivity index (χ2v) is 4.02. The molecule has 1 aliphatic heterocycles. The van der Waals surface area contributed by atoms with Crippen LogP contribution in [0.5, 0.6) is 0 Å². The van der Waals surface area contributed by atoms with Crippen molar-refractivity contribution in [3.63, 3.8) is 0 Å². The summed E-state index contributed by atoms with van der Waals surface area (Å²) in [5.41, 5.74) is -0.0166. The van der Waals surface area contributed by atoms with Gasteiger partial charge in [-0.2, -0.15) is 0 Å². The topological polar surface area (TPSA) is 46.5 Å². The lowest BCUT2D eigenvalue weighted by atomic mass is 9.89. The van der Waals surface area contributed by atoms with Crippen molar-refractivity contribution in [1.82, 2.24) is 0 Å². The van der Waals surface area contributed by atoms with Gasteiger partial charge in [-0.25, -0.2) is 8.78 Å². The van der Waals surface area contributed by atoms with Crippen molar-refractivity contribution in [3.05, 3.63) is 35.4 Å². The van der Waals surface area contributed by atoms with Crippen LogP contribution in [0.25, 0.3) is 0 Å². The van der Waals surface area contributed by atoms with Gasteiger partial charge in [-0.15, -0.1) is 0 Å². The van der Waals surface area contributed by atoms with Gasteiger partial charge in [-0.3, -0.25) is 4.79 Å². The lowest BCUT2D eigenvalue weighted by molar-refractivity contribution is -0.152. The van der Waals surface area contributed by atoms with Crippen molar-refractivity contribution >= 4 is 5.97 Å². The molecule has 5 heteroatoms. The molecule has 0 aliphatic carbocycles. The number of carbonyl (C=O) groups is 1. The number of ether oxygens (including phenoxy) is 1. The first kappa shape index (κ1) is 12.0. The number of aliphatic carboxylic acids is 1. The fourth-order valence-corrected chi connectivity index (χ4v) is 2.08. The van der Waals surface area contributed by atoms with Gasteiger partial charge in [0.2, 0.25) is 0 Å². The van der Waals surface area contributed by atoms with Crippen molar-refractivity contribution in [2.75, 3.05) is 6.61 Å². The summed E-state index contributed by atoms with van der Waals surface area (Å²) in [7, 11) is 0. The molecule has 1 N–H and O–H groups in total. The molecular formula is C12H12F2O3. The molecule has 0 bridgehead atoms. The molecule has 92 valence electrons. The van der Waals surface area contributed by atoms with Gasteiger partial charge in [0.25, 0.3) is 0 Å². The molecule has 1 aromatic carbocycles. The fourth-order valence-electron chi connectivity index (χ4n) is 2.08. The van der Waals surface area contributed by atoms with Crippen molar-refractivity contribution in [3.8, 4) is 0 Å². The van der Waals surface area contributed by atoms with Gasteiger partial charge < -0.3 is 9.84 Å². The van der Waals surface area contributed by atoms with E-state index in [1.54, 1.807) is 0 Å². The Balaban J connectivity index is 2.36. The normalized spacial score (nSPS) is 24.6. The summed E-state index contributed by atoms with van der Waals surface area (Å²) in [5.74, 6) is -3.87. The zero-order valence-electron chi connectivity index (χ0n) is 9.03. The highest BCUT2D eigenvalue weighted by atomic mass is 19.2. The molecule has 2 unspecified atom stereocenters. The smallest absolute Gasteiger partial charge is 0.309 e. The van der Waals surface area contributed by atoms with Gasteiger partial charge in [0.15, 0.2) is 11.6 Å². The van der Waals surface area contributed by atoms with Crippen molar-refractivity contribution in [2.24, 2.45) is 5.92 Å². The molecule has 1 fully saturated rings. The highest BCUT2D eigenvalue weighted by Crippen LogP contribution is 2.35. The molecule has 1 aliphatic rings. The first-order chi connectivity index (χ1) is 8.11. The Kier molecular flexibility index (Phi) is 3.38. The maximum absolute atomic E-state index is 13.6. The maximum atomic E-state index is 13.6. The van der Waals surface area contributed by atoms with Crippen LogP contribution in [0, 0.1) is 17.6 Å². The van der Waals surface area contributed by atoms with E-state index in [0.717, 1.165) is 6.07 Å². The predicted molar refractivity (Wildman–Crippen MR) is 55.4 cm³/mol. The van der Waals surface area contributed by atoms with Gasteiger partial charge in [0.1, 0.15) is 0 Å². The molecule has 1 saturated heterocycles. The van der Waals surface area contributed by atoms with Crippen LogP contribution in [0.2, 0.25) is 0 Å². The third-order valence-electron chi connectivity index (χ3n) is 2.93. The molecule has 2 atom stereocenters. The number of halogens is 2. The van der Waals surface area contributed by atoms with E-state index in [0.29, 0.717) is 19.4 Å². The minimum atomic E-state index is -1.04. The maximum Gasteiger partial charge on any atom is 0.309 e. The number of carboxylic acid groups (broad SMARTS) is 1. The molecule has 17 heavy (non-hydrogen) atoms. The summed E-state index contributed by atoms with van der Waals surface area (Å²) in [5, 5.41) is 9.03. The highest BCUT2D eigenvalue weighted by Gasteiger charge is 2.35. The minimum absolute atomic E-state index is 0.0166. The van der Waals surface area contributed by atoms with Gasteiger partial charge in [0.05, 0.1) is 12.0 Å². The van der Waals surface area contributed by atoms with Crippen LogP contribution in [-0.4, -0.2) is 17.7 Å². The second-order valence-electron chi connectivity index (χ2n) is 4.02. The fraction of sp³-hybridized carbons (Fsp3) is 0.417. The molecule has 2 rings (SSSR count). The summed E-state index contributed by atoms with van der Waals surface area (Å²) in [6, 6.07) is 3.71. The minimum Gasteiger partial charge on any atom is -0.481 e. The number of benzene rings is 1. The van der Waals surface area contributed by atoms with Gasteiger partial charge in [0, 0.05) is 12.2 Å². The van der Waals surface area contributed by atoms with Crippen molar-refractivity contribution in [2.45, 2.75) is 18.9 Å². The Bertz CT molecular complexity index is 434. The zero-order valence-corrected chi connectivity index (χ0v) is 9.03. The van der Waals surface area contributed by atoms with Gasteiger partial charge >= 0.3 is 5.97 Å². The SMILES string of the molecule is O=C(O)C1CCCOC1c1cccc(F)c1F. The molecule has 1 aromatic rings. The molecule has 0 spiro atoms. The third-order valence-corrected chi connectivity index (χ3v) is 2.93. The van der Waals surface area contributed by atoms with E-state index >= 15 is 0 Å². The van der Waals surface area contributed by atoms with Crippen molar-refractivity contribution in [1.29, 1.82) is 0 Å². The first-order valence-corrected chi connectivity index (χ1v) is 5.39. The van der Waals surface area contributed by atoms with E-state index in [1.165, 1.54) is 12.1 Å². The Morgan fingerprint density at radius 2 is 2.18 bits per heavy atom. The Labute approximate surface area is 97.0 Å². The van der Waals surface area contributed by atoms with E-state index in [-0.39, 0.29) is 5.56 Å². The van der Waals surface area contributed by atoms with Crippen LogP contribution < -0.4 is 0 Å². The van der Waals surface area contributed by atoms with E-state index in [4.69, 9.17) is 9.84 Å². The summed E-state index contributed by atoms with van der Waals surface area (Å²) in [6.07, 6.45) is 0.123. The van der Waals surface area contributed by atoms with Gasteiger partial charge in [-0.1, -0.05) is 12.1 Å². The number of hydrogen-bond acceptors (Lipinski definition) is 2.